The Kier molecular flexibility index (Phi) is 7.87. The minimum atomic E-state index is -5.08. The number of carboxylic acid groups (broad SMARTS) is 1. The number of nitrogens with one attached hydrogen (secondary N) is 1. The van der Waals surface area contributed by atoms with Crippen LogP contribution in [0.25, 0.3) is 11.2 Å². The van der Waals surface area contributed by atoms with Crippen molar-refractivity contribution in [2.75, 3.05) is 24.5 Å². The van der Waals surface area contributed by atoms with E-state index in [2.05, 4.69) is 25.6 Å². The van der Waals surface area contributed by atoms with Crippen LogP contribution in [-0.4, -0.2) is 87.6 Å². The minimum absolute atomic E-state index is 0.154. The van der Waals surface area contributed by atoms with E-state index in [0.717, 1.165) is 30.6 Å². The van der Waals surface area contributed by atoms with Crippen LogP contribution in [0.3, 0.4) is 0 Å². The van der Waals surface area contributed by atoms with Crippen LogP contribution < -0.4 is 21.5 Å². The summed E-state index contributed by atoms with van der Waals surface area (Å²) in [6, 6.07) is 8.86. The maximum atomic E-state index is 13.8. The van der Waals surface area contributed by atoms with Gasteiger partial charge in [-0.15, -0.1) is 10.2 Å². The molecular weight excluding hydrogens is 577 g/mol. The highest BCUT2D eigenvalue weighted by Crippen LogP contribution is 2.33. The number of imidazole rings is 1. The molecule has 4 aromatic rings. The van der Waals surface area contributed by atoms with Gasteiger partial charge in [-0.05, 0) is 17.6 Å². The van der Waals surface area contributed by atoms with E-state index < -0.39 is 23.4 Å². The summed E-state index contributed by atoms with van der Waals surface area (Å²) in [6.45, 7) is 2.35. The highest BCUT2D eigenvalue weighted by Gasteiger charge is 2.40. The summed E-state index contributed by atoms with van der Waals surface area (Å²) in [5, 5.41) is 22.9. The van der Waals surface area contributed by atoms with Gasteiger partial charge in [0.2, 0.25) is 5.95 Å². The number of tetrazole rings is 1. The van der Waals surface area contributed by atoms with E-state index in [4.69, 9.17) is 14.9 Å². The molecule has 2 fully saturated rings. The maximum Gasteiger partial charge on any atom is 0.490 e. The van der Waals surface area contributed by atoms with E-state index in [-0.39, 0.29) is 36.1 Å². The van der Waals surface area contributed by atoms with Gasteiger partial charge in [-0.3, -0.25) is 23.3 Å². The third-order valence-electron chi connectivity index (χ3n) is 7.40. The fourth-order valence-electron chi connectivity index (χ4n) is 5.35. The number of rotatable bonds is 6. The van der Waals surface area contributed by atoms with Crippen LogP contribution in [-0.2, 0) is 32.0 Å². The molecule has 2 saturated heterocycles. The molecule has 2 N–H and O–H groups in total. The molecule has 5 heterocycles. The van der Waals surface area contributed by atoms with Crippen molar-refractivity contribution >= 4 is 28.9 Å². The van der Waals surface area contributed by atoms with E-state index in [9.17, 15) is 27.6 Å². The van der Waals surface area contributed by atoms with E-state index in [1.165, 1.54) is 9.36 Å². The van der Waals surface area contributed by atoms with Crippen LogP contribution in [0.5, 0.6) is 0 Å². The van der Waals surface area contributed by atoms with Gasteiger partial charge >= 0.3 is 17.8 Å². The molecule has 0 amide bonds. The first-order valence-electron chi connectivity index (χ1n) is 13.2. The lowest BCUT2D eigenvalue weighted by molar-refractivity contribution is -0.192. The summed E-state index contributed by atoms with van der Waals surface area (Å²) in [5.41, 5.74) is -0.231. The van der Waals surface area contributed by atoms with Crippen molar-refractivity contribution in [3.63, 3.8) is 0 Å². The number of alkyl halides is 3. The molecule has 1 aromatic carbocycles. The number of fused-ring (bicyclic) bond motifs is 2. The van der Waals surface area contributed by atoms with E-state index >= 15 is 0 Å². The Hall–Kier alpha value is -4.87. The van der Waals surface area contributed by atoms with Crippen molar-refractivity contribution in [3.05, 3.63) is 62.6 Å². The molecule has 18 heteroatoms. The number of benzene rings is 1. The molecule has 6 rings (SSSR count). The highest BCUT2D eigenvalue weighted by atomic mass is 19.4. The zero-order chi connectivity index (χ0) is 31.1. The van der Waals surface area contributed by atoms with Crippen molar-refractivity contribution in [2.24, 2.45) is 20.0 Å². The SMILES string of the molecule is Cn1nnc(Cn2c(N3CCC4CNCC43)nc3c2c(=O)n(CC(=O)c2ccccc2)c(=O)n3C)n1.O=C(O)C(F)(F)F. The highest BCUT2D eigenvalue weighted by molar-refractivity contribution is 5.96. The van der Waals surface area contributed by atoms with Crippen molar-refractivity contribution in [1.82, 2.24) is 44.2 Å². The fourth-order valence-corrected chi connectivity index (χ4v) is 5.35. The molecule has 0 aliphatic carbocycles. The Morgan fingerprint density at radius 2 is 1.79 bits per heavy atom. The number of hydrogen-bond donors (Lipinski definition) is 2. The number of aryl methyl sites for hydroxylation is 2. The number of carboxylic acids is 1. The van der Waals surface area contributed by atoms with Crippen molar-refractivity contribution in [1.29, 1.82) is 0 Å². The average Bonchev–Trinajstić information content (AvgIpc) is 3.75. The van der Waals surface area contributed by atoms with Gasteiger partial charge in [0, 0.05) is 38.3 Å². The van der Waals surface area contributed by atoms with Gasteiger partial charge in [0.15, 0.2) is 22.8 Å². The molecule has 2 atom stereocenters. The molecule has 0 saturated carbocycles. The number of carbonyl (C=O) groups excluding carboxylic acids is 1. The summed E-state index contributed by atoms with van der Waals surface area (Å²) in [5.74, 6) is -1.58. The van der Waals surface area contributed by atoms with Gasteiger partial charge in [0.05, 0.1) is 20.1 Å². The number of aromatic nitrogens is 8. The zero-order valence-corrected chi connectivity index (χ0v) is 23.0. The van der Waals surface area contributed by atoms with Crippen LogP contribution in [0.2, 0.25) is 0 Å². The first kappa shape index (κ1) is 29.6. The Balaban J connectivity index is 0.000000472. The normalized spacial score (nSPS) is 18.0. The minimum Gasteiger partial charge on any atom is -0.475 e. The number of aliphatic carboxylic acids is 1. The molecule has 2 aliphatic heterocycles. The van der Waals surface area contributed by atoms with Crippen LogP contribution >= 0.6 is 0 Å². The molecule has 2 unspecified atom stereocenters. The van der Waals surface area contributed by atoms with Gasteiger partial charge in [-0.25, -0.2) is 9.59 Å². The van der Waals surface area contributed by atoms with Crippen LogP contribution in [0.1, 0.15) is 22.6 Å². The van der Waals surface area contributed by atoms with E-state index in [0.29, 0.717) is 23.3 Å². The van der Waals surface area contributed by atoms with Crippen LogP contribution in [0.15, 0.2) is 39.9 Å². The number of hydrogen-bond acceptors (Lipinski definition) is 10. The van der Waals surface area contributed by atoms with Gasteiger partial charge in [-0.2, -0.15) is 23.0 Å². The summed E-state index contributed by atoms with van der Waals surface area (Å²) in [6.07, 6.45) is -4.07. The Bertz CT molecular complexity index is 1790. The standard InChI is InChI=1S/C23H26N10O3.C2HF3O2/c1-29-20-19(21(35)33(23(29)36)12-17(34)14-6-4-3-5-7-14)32(13-18-26-28-30(2)27-18)22(25-20)31-9-8-15-10-24-11-16(15)31;3-2(4,5)1(6)7/h3-7,15-16,24H,8-13H2,1-2H3;(H,6,7). The van der Waals surface area contributed by atoms with E-state index in [1.807, 2.05) is 0 Å². The number of carbonyl (C=O) groups is 2. The summed E-state index contributed by atoms with van der Waals surface area (Å²) in [7, 11) is 3.24. The monoisotopic (exact) mass is 604 g/mol. The molecule has 3 aromatic heterocycles. The van der Waals surface area contributed by atoms with Crippen LogP contribution in [0, 0.1) is 5.92 Å². The second-order valence-corrected chi connectivity index (χ2v) is 10.2. The molecule has 228 valence electrons. The molecule has 15 nitrogen and oxygen atoms in total. The fraction of sp³-hybridized carbons (Fsp3) is 0.440. The maximum absolute atomic E-state index is 13.8. The molecule has 0 radical (unpaired) electrons. The van der Waals surface area contributed by atoms with E-state index in [1.54, 1.807) is 49.0 Å². The quantitative estimate of drug-likeness (QED) is 0.279. The Morgan fingerprint density at radius 1 is 1.09 bits per heavy atom. The van der Waals surface area contributed by atoms with Crippen molar-refractivity contribution < 1.29 is 27.9 Å². The topological polar surface area (TPSA) is 175 Å². The number of Topliss-reactive ketones (excluding diaryl/α,β-unsaturated/α-hetero) is 1. The zero-order valence-electron chi connectivity index (χ0n) is 23.0. The van der Waals surface area contributed by atoms with Crippen LogP contribution in [0.4, 0.5) is 19.1 Å². The second-order valence-electron chi connectivity index (χ2n) is 10.2. The Morgan fingerprint density at radius 3 is 2.42 bits per heavy atom. The smallest absolute Gasteiger partial charge is 0.475 e. The lowest BCUT2D eigenvalue weighted by Crippen LogP contribution is -2.41. The number of ketones is 1. The van der Waals surface area contributed by atoms with Gasteiger partial charge in [0.25, 0.3) is 5.56 Å². The summed E-state index contributed by atoms with van der Waals surface area (Å²) in [4.78, 5) is 57.2. The predicted octanol–water partition coefficient (Wildman–Crippen LogP) is -0.217. The molecule has 43 heavy (non-hydrogen) atoms. The average molecular weight is 605 g/mol. The van der Waals surface area contributed by atoms with Gasteiger partial charge < -0.3 is 15.3 Å². The molecular formula is C25H27F3N10O5. The Labute approximate surface area is 240 Å². The first-order valence-corrected chi connectivity index (χ1v) is 13.2. The predicted molar refractivity (Wildman–Crippen MR) is 144 cm³/mol. The lowest BCUT2D eigenvalue weighted by atomic mass is 10.1. The number of anilines is 1. The van der Waals surface area contributed by atoms with Crippen molar-refractivity contribution in [2.45, 2.75) is 31.7 Å². The van der Waals surface area contributed by atoms with Crippen molar-refractivity contribution in [3.8, 4) is 0 Å². The largest absolute Gasteiger partial charge is 0.490 e. The lowest BCUT2D eigenvalue weighted by Gasteiger charge is -2.25. The summed E-state index contributed by atoms with van der Waals surface area (Å²) < 4.78 is 35.8. The molecule has 2 aliphatic rings. The van der Waals surface area contributed by atoms with Gasteiger partial charge in [0.1, 0.15) is 0 Å². The number of halogens is 3. The second kappa shape index (κ2) is 11.4. The first-order chi connectivity index (χ1) is 20.4. The summed E-state index contributed by atoms with van der Waals surface area (Å²) >= 11 is 0. The third-order valence-corrected chi connectivity index (χ3v) is 7.40. The molecule has 0 spiro atoms. The van der Waals surface area contributed by atoms with Gasteiger partial charge in [-0.1, -0.05) is 30.3 Å². The molecule has 0 bridgehead atoms. The number of nitrogens with zero attached hydrogens (tertiary/aromatic N) is 9. The third kappa shape index (κ3) is 5.77.